The lowest BCUT2D eigenvalue weighted by atomic mass is 10.1. The van der Waals surface area contributed by atoms with Crippen LogP contribution in [0.15, 0.2) is 18.2 Å². The van der Waals surface area contributed by atoms with Gasteiger partial charge in [-0.2, -0.15) is 0 Å². The summed E-state index contributed by atoms with van der Waals surface area (Å²) in [5.41, 5.74) is 1.80. The van der Waals surface area contributed by atoms with Crippen molar-refractivity contribution in [1.82, 2.24) is 0 Å². The Bertz CT molecular complexity index is 370. The van der Waals surface area contributed by atoms with Crippen molar-refractivity contribution in [3.8, 4) is 0 Å². The number of β-amino-alcohol motifs (C(OH)–C–C–N with tert-alkyl or cyclic N) is 1. The molecule has 1 heterocycles. The smallest absolute Gasteiger partial charge is 0.0715 e. The van der Waals surface area contributed by atoms with Crippen LogP contribution in [0, 0.1) is 0 Å². The Morgan fingerprint density at radius 3 is 2.94 bits per heavy atom. The van der Waals surface area contributed by atoms with Gasteiger partial charge in [-0.3, -0.25) is 0 Å². The highest BCUT2D eigenvalue weighted by molar-refractivity contribution is 6.30. The van der Waals surface area contributed by atoms with Crippen LogP contribution in [0.5, 0.6) is 0 Å². The summed E-state index contributed by atoms with van der Waals surface area (Å²) in [4.78, 5) is 2.09. The Hall–Kier alpha value is -0.770. The molecule has 1 atom stereocenters. The molecule has 1 aromatic carbocycles. The van der Waals surface area contributed by atoms with Crippen LogP contribution in [-0.4, -0.2) is 29.4 Å². The van der Waals surface area contributed by atoms with Gasteiger partial charge >= 0.3 is 0 Å². The van der Waals surface area contributed by atoms with Gasteiger partial charge in [0.05, 0.1) is 12.7 Å². The van der Waals surface area contributed by atoms with E-state index in [1.807, 2.05) is 12.1 Å². The first kappa shape index (κ1) is 11.7. The third-order valence-electron chi connectivity index (χ3n) is 2.95. The summed E-state index contributed by atoms with van der Waals surface area (Å²) in [6.07, 6.45) is 1.55. The normalized spacial score (nSPS) is 21.2. The average molecular weight is 242 g/mol. The molecule has 1 fully saturated rings. The predicted octanol–water partition coefficient (Wildman–Crippen LogP) is 1.79. The van der Waals surface area contributed by atoms with E-state index in [0.717, 1.165) is 30.6 Å². The third kappa shape index (κ3) is 2.48. The molecule has 1 aliphatic rings. The molecule has 0 aliphatic carbocycles. The molecule has 3 nitrogen and oxygen atoms in total. The minimum atomic E-state index is -0.278. The number of piperidine rings is 1. The Kier molecular flexibility index (Phi) is 3.69. The van der Waals surface area contributed by atoms with Gasteiger partial charge in [0.25, 0.3) is 0 Å². The van der Waals surface area contributed by atoms with Crippen LogP contribution >= 0.6 is 11.6 Å². The van der Waals surface area contributed by atoms with Gasteiger partial charge in [-0.1, -0.05) is 17.7 Å². The Morgan fingerprint density at radius 1 is 1.44 bits per heavy atom. The van der Waals surface area contributed by atoms with E-state index in [2.05, 4.69) is 4.90 Å². The van der Waals surface area contributed by atoms with Gasteiger partial charge in [-0.25, -0.2) is 0 Å². The van der Waals surface area contributed by atoms with Crippen molar-refractivity contribution < 1.29 is 10.2 Å². The van der Waals surface area contributed by atoms with E-state index >= 15 is 0 Å². The molecule has 0 saturated carbocycles. The largest absolute Gasteiger partial charge is 0.392 e. The average Bonchev–Trinajstić information content (AvgIpc) is 2.29. The monoisotopic (exact) mass is 241 g/mol. The molecule has 0 radical (unpaired) electrons. The van der Waals surface area contributed by atoms with Crippen LogP contribution < -0.4 is 4.90 Å². The molecule has 0 bridgehead atoms. The summed E-state index contributed by atoms with van der Waals surface area (Å²) in [6, 6.07) is 5.46. The molecule has 1 saturated heterocycles. The predicted molar refractivity (Wildman–Crippen MR) is 64.8 cm³/mol. The molecule has 2 N–H and O–H groups in total. The minimum Gasteiger partial charge on any atom is -0.392 e. The van der Waals surface area contributed by atoms with Crippen LogP contribution in [0.25, 0.3) is 0 Å². The molecule has 0 spiro atoms. The van der Waals surface area contributed by atoms with Gasteiger partial charge in [-0.05, 0) is 25.0 Å². The van der Waals surface area contributed by atoms with Gasteiger partial charge in [0, 0.05) is 29.4 Å². The summed E-state index contributed by atoms with van der Waals surface area (Å²) < 4.78 is 0. The van der Waals surface area contributed by atoms with Gasteiger partial charge < -0.3 is 15.1 Å². The summed E-state index contributed by atoms with van der Waals surface area (Å²) in [5.74, 6) is 0. The van der Waals surface area contributed by atoms with Crippen LogP contribution in [0.2, 0.25) is 5.02 Å². The molecule has 4 heteroatoms. The molecule has 0 amide bonds. The van der Waals surface area contributed by atoms with Gasteiger partial charge in [0.1, 0.15) is 0 Å². The lowest BCUT2D eigenvalue weighted by Crippen LogP contribution is -2.38. The number of halogens is 1. The van der Waals surface area contributed by atoms with E-state index < -0.39 is 0 Å². The minimum absolute atomic E-state index is 0.000895. The Balaban J connectivity index is 2.26. The first-order valence-electron chi connectivity index (χ1n) is 5.53. The summed E-state index contributed by atoms with van der Waals surface area (Å²) in [7, 11) is 0. The van der Waals surface area contributed by atoms with E-state index in [4.69, 9.17) is 11.6 Å². The molecule has 1 aromatic rings. The molecule has 2 rings (SSSR count). The SMILES string of the molecule is OCc1ccc(Cl)cc1N1CCCC(O)C1. The highest BCUT2D eigenvalue weighted by Gasteiger charge is 2.19. The van der Waals surface area contributed by atoms with Crippen LogP contribution in [0.3, 0.4) is 0 Å². The van der Waals surface area contributed by atoms with Crippen molar-refractivity contribution in [3.63, 3.8) is 0 Å². The van der Waals surface area contributed by atoms with Gasteiger partial charge in [0.2, 0.25) is 0 Å². The maximum atomic E-state index is 9.64. The van der Waals surface area contributed by atoms with Crippen molar-refractivity contribution >= 4 is 17.3 Å². The molecular weight excluding hydrogens is 226 g/mol. The number of nitrogens with zero attached hydrogens (tertiary/aromatic N) is 1. The summed E-state index contributed by atoms with van der Waals surface area (Å²) in [6.45, 7) is 1.52. The van der Waals surface area contributed by atoms with E-state index in [1.54, 1.807) is 6.07 Å². The van der Waals surface area contributed by atoms with Crippen LogP contribution in [-0.2, 0) is 6.61 Å². The second-order valence-corrected chi connectivity index (χ2v) is 4.61. The number of aliphatic hydroxyl groups is 2. The molecule has 0 aromatic heterocycles. The second kappa shape index (κ2) is 5.04. The van der Waals surface area contributed by atoms with Crippen molar-refractivity contribution in [2.45, 2.75) is 25.6 Å². The zero-order valence-electron chi connectivity index (χ0n) is 9.06. The van der Waals surface area contributed by atoms with Crippen molar-refractivity contribution in [2.75, 3.05) is 18.0 Å². The van der Waals surface area contributed by atoms with Crippen molar-refractivity contribution in [2.24, 2.45) is 0 Å². The molecule has 1 aliphatic heterocycles. The number of benzene rings is 1. The van der Waals surface area contributed by atoms with E-state index in [9.17, 15) is 10.2 Å². The van der Waals surface area contributed by atoms with E-state index in [-0.39, 0.29) is 12.7 Å². The first-order chi connectivity index (χ1) is 7.70. The standard InChI is InChI=1S/C12H16ClNO2/c13-10-4-3-9(8-15)12(6-10)14-5-1-2-11(16)7-14/h3-4,6,11,15-16H,1-2,5,7-8H2. The van der Waals surface area contributed by atoms with Crippen LogP contribution in [0.4, 0.5) is 5.69 Å². The lowest BCUT2D eigenvalue weighted by molar-refractivity contribution is 0.154. The zero-order chi connectivity index (χ0) is 11.5. The molecule has 88 valence electrons. The number of rotatable bonds is 2. The zero-order valence-corrected chi connectivity index (χ0v) is 9.82. The molecule has 16 heavy (non-hydrogen) atoms. The maximum absolute atomic E-state index is 9.64. The first-order valence-corrected chi connectivity index (χ1v) is 5.91. The van der Waals surface area contributed by atoms with Crippen LogP contribution in [0.1, 0.15) is 18.4 Å². The quantitative estimate of drug-likeness (QED) is 0.830. The Morgan fingerprint density at radius 2 is 2.25 bits per heavy atom. The molecular formula is C12H16ClNO2. The number of aliphatic hydroxyl groups excluding tert-OH is 2. The highest BCUT2D eigenvalue weighted by atomic mass is 35.5. The fraction of sp³-hybridized carbons (Fsp3) is 0.500. The number of hydrogen-bond acceptors (Lipinski definition) is 3. The second-order valence-electron chi connectivity index (χ2n) is 4.17. The third-order valence-corrected chi connectivity index (χ3v) is 3.19. The number of hydrogen-bond donors (Lipinski definition) is 2. The van der Waals surface area contributed by atoms with E-state index in [0.29, 0.717) is 11.6 Å². The summed E-state index contributed by atoms with van der Waals surface area (Å²) in [5, 5.41) is 19.6. The fourth-order valence-electron chi connectivity index (χ4n) is 2.14. The van der Waals surface area contributed by atoms with Crippen molar-refractivity contribution in [3.05, 3.63) is 28.8 Å². The Labute approximate surface area is 100 Å². The molecule has 1 unspecified atom stereocenters. The fourth-order valence-corrected chi connectivity index (χ4v) is 2.30. The van der Waals surface area contributed by atoms with Gasteiger partial charge in [-0.15, -0.1) is 0 Å². The number of anilines is 1. The van der Waals surface area contributed by atoms with Gasteiger partial charge in [0.15, 0.2) is 0 Å². The lowest BCUT2D eigenvalue weighted by Gasteiger charge is -2.33. The summed E-state index contributed by atoms with van der Waals surface area (Å²) >= 11 is 5.96. The topological polar surface area (TPSA) is 43.7 Å². The van der Waals surface area contributed by atoms with E-state index in [1.165, 1.54) is 0 Å². The maximum Gasteiger partial charge on any atom is 0.0715 e. The highest BCUT2D eigenvalue weighted by Crippen LogP contribution is 2.27. The van der Waals surface area contributed by atoms with Crippen molar-refractivity contribution in [1.29, 1.82) is 0 Å².